The third kappa shape index (κ3) is 13.6. The van der Waals surface area contributed by atoms with Crippen LogP contribution in [0.2, 0.25) is 0 Å². The van der Waals surface area contributed by atoms with Gasteiger partial charge in [0.05, 0.1) is 33.4 Å². The molecule has 0 radical (unpaired) electrons. The Bertz CT molecular complexity index is 4150. The van der Waals surface area contributed by atoms with E-state index in [1.54, 1.807) is 0 Å². The number of hydrogen-bond donors (Lipinski definition) is 0. The van der Waals surface area contributed by atoms with E-state index in [9.17, 15) is 0 Å². The summed E-state index contributed by atoms with van der Waals surface area (Å²) in [7, 11) is -3.75. The first-order valence-electron chi connectivity index (χ1n) is 30.2. The van der Waals surface area contributed by atoms with Crippen molar-refractivity contribution >= 4 is 7.32 Å². The van der Waals surface area contributed by atoms with Gasteiger partial charge in [-0.15, -0.1) is 0 Å². The third-order valence-corrected chi connectivity index (χ3v) is 16.3. The molecule has 0 fully saturated rings. The largest absolute Gasteiger partial charge is 0.864 e. The minimum absolute atomic E-state index is 0.673. The number of rotatable bonds is 15. The molecule has 0 aliphatic rings. The Labute approximate surface area is 558 Å². The SMILES string of the molecule is FC(F)(F)c1c(-c2ccccc2)c(OB(Oc2c(-c3ccccc3)c(C(F)(F)F)c(-c3ccccc3)c(C(F)(F)F)c2-c2ccccc2)Oc2c(-c3ccccc3)c(C(F)(F)F)c(-c3ccccc3)c(C(F)(F)F)c2-c2ccccc2)c(-c2ccccc2)c(C(F)(F)F)c1-c1ccccc1. The molecule has 0 heterocycles. The smallest absolute Gasteiger partial charge is 0.488 e. The van der Waals surface area contributed by atoms with Crippen LogP contribution < -0.4 is 14.0 Å². The molecule has 0 saturated heterocycles. The van der Waals surface area contributed by atoms with Crippen LogP contribution in [0.4, 0.5) is 79.0 Å². The zero-order chi connectivity index (χ0) is 71.1. The molecular formula is C78H45BF18O3. The summed E-state index contributed by atoms with van der Waals surface area (Å²) in [6.45, 7) is 0. The van der Waals surface area contributed by atoms with Gasteiger partial charge >= 0.3 is 44.4 Å². The predicted octanol–water partition coefficient (Wildman–Crippen LogP) is 25.3. The van der Waals surface area contributed by atoms with E-state index in [1.165, 1.54) is 54.6 Å². The maximum absolute atomic E-state index is 17.0. The average Bonchev–Trinajstić information content (AvgIpc) is 0.725. The van der Waals surface area contributed by atoms with Crippen LogP contribution >= 0.6 is 0 Å². The molecule has 504 valence electrons. The Kier molecular flexibility index (Phi) is 18.5. The molecule has 12 aromatic carbocycles. The van der Waals surface area contributed by atoms with Crippen molar-refractivity contribution in [1.29, 1.82) is 0 Å². The fraction of sp³-hybridized carbons (Fsp3) is 0.0769. The highest BCUT2D eigenvalue weighted by molar-refractivity contribution is 6.41. The minimum Gasteiger partial charge on any atom is -0.488 e. The lowest BCUT2D eigenvalue weighted by molar-refractivity contribution is -0.143. The van der Waals surface area contributed by atoms with Crippen molar-refractivity contribution in [3.05, 3.63) is 306 Å². The van der Waals surface area contributed by atoms with Gasteiger partial charge in [-0.3, -0.25) is 0 Å². The lowest BCUT2D eigenvalue weighted by atomic mass is 9.80. The summed E-state index contributed by atoms with van der Waals surface area (Å²) in [6.07, 6.45) is -35.9. The molecule has 0 unspecified atom stereocenters. The second kappa shape index (κ2) is 26.9. The topological polar surface area (TPSA) is 27.7 Å². The lowest BCUT2D eigenvalue weighted by Gasteiger charge is -2.33. The van der Waals surface area contributed by atoms with Gasteiger partial charge in [0.2, 0.25) is 0 Å². The molecule has 0 aliphatic heterocycles. The Balaban J connectivity index is 1.37. The molecule has 0 saturated carbocycles. The van der Waals surface area contributed by atoms with Crippen molar-refractivity contribution in [1.82, 2.24) is 0 Å². The monoisotopic (exact) mass is 1380 g/mol. The quantitative estimate of drug-likeness (QED) is 0.0756. The summed E-state index contributed by atoms with van der Waals surface area (Å²) in [5.41, 5.74) is -32.2. The second-order valence-electron chi connectivity index (χ2n) is 22.5. The summed E-state index contributed by atoms with van der Waals surface area (Å²) in [4.78, 5) is 0. The van der Waals surface area contributed by atoms with Gasteiger partial charge in [-0.1, -0.05) is 273 Å². The van der Waals surface area contributed by atoms with Crippen molar-refractivity contribution in [2.45, 2.75) is 37.1 Å². The van der Waals surface area contributed by atoms with Gasteiger partial charge in [0, 0.05) is 50.1 Å². The van der Waals surface area contributed by atoms with E-state index in [0.29, 0.717) is 0 Å². The van der Waals surface area contributed by atoms with E-state index in [1.807, 2.05) is 0 Å². The van der Waals surface area contributed by atoms with Gasteiger partial charge in [-0.25, -0.2) is 0 Å². The van der Waals surface area contributed by atoms with Gasteiger partial charge in [0.25, 0.3) is 0 Å². The molecule has 12 aromatic rings. The van der Waals surface area contributed by atoms with E-state index >= 15 is 79.0 Å². The van der Waals surface area contributed by atoms with Crippen LogP contribution in [0.5, 0.6) is 17.2 Å². The highest BCUT2D eigenvalue weighted by atomic mass is 19.4. The number of alkyl halides is 18. The Morgan fingerprint density at radius 1 is 0.160 bits per heavy atom. The first-order valence-corrected chi connectivity index (χ1v) is 30.2. The van der Waals surface area contributed by atoms with Crippen LogP contribution in [0.3, 0.4) is 0 Å². The molecule has 100 heavy (non-hydrogen) atoms. The molecule has 0 atom stereocenters. The molecule has 0 spiro atoms. The third-order valence-electron chi connectivity index (χ3n) is 16.3. The van der Waals surface area contributed by atoms with Crippen LogP contribution in [0.15, 0.2) is 273 Å². The summed E-state index contributed by atoms with van der Waals surface area (Å²) < 4.78 is 326. The van der Waals surface area contributed by atoms with Crippen molar-refractivity contribution in [2.75, 3.05) is 0 Å². The maximum atomic E-state index is 17.0. The van der Waals surface area contributed by atoms with Gasteiger partial charge in [-0.2, -0.15) is 79.0 Å². The second-order valence-corrected chi connectivity index (χ2v) is 22.5. The number of benzene rings is 12. The summed E-state index contributed by atoms with van der Waals surface area (Å²) in [5.74, 6) is -5.02. The molecule has 3 nitrogen and oxygen atoms in total. The Morgan fingerprint density at radius 2 is 0.270 bits per heavy atom. The predicted molar refractivity (Wildman–Crippen MR) is 346 cm³/mol. The molecule has 22 heteroatoms. The molecule has 0 N–H and O–H groups in total. The average molecular weight is 1380 g/mol. The van der Waals surface area contributed by atoms with E-state index in [4.69, 9.17) is 14.0 Å². The van der Waals surface area contributed by atoms with Gasteiger partial charge in [-0.05, 0) is 50.1 Å². The zero-order valence-electron chi connectivity index (χ0n) is 51.1. The normalized spacial score (nSPS) is 12.3. The number of halogens is 18. The minimum atomic E-state index is -5.98. The molecule has 0 aromatic heterocycles. The summed E-state index contributed by atoms with van der Waals surface area (Å²) >= 11 is 0. The van der Waals surface area contributed by atoms with E-state index in [-0.39, 0.29) is 0 Å². The lowest BCUT2D eigenvalue weighted by Crippen LogP contribution is -2.39. The highest BCUT2D eigenvalue weighted by Gasteiger charge is 2.54. The molecule has 12 rings (SSSR count). The first kappa shape index (κ1) is 68.8. The standard InChI is InChI=1S/C78H45BF18O3/c80-73(81,82)64-55(46-28-10-1-11-29-46)65(74(83,84)85)59(50-36-18-5-19-37-50)70(58(64)49-34-16-4-17-35-49)98-79(99-71-60(51-38-20-6-21-39-51)66(75(86,87)88)56(47-30-12-2-13-31-47)67(76(89,90)91)61(71)52-40-22-7-23-41-52)100-72-62(53-42-24-8-25-43-53)68(77(92,93)94)57(48-32-14-3-15-33-48)69(78(95,96)97)63(72)54-44-26-9-27-45-54/h1-45H. The van der Waals surface area contributed by atoms with Crippen LogP contribution in [0.25, 0.3) is 100 Å². The van der Waals surface area contributed by atoms with E-state index < -0.39 is 195 Å². The van der Waals surface area contributed by atoms with Crippen LogP contribution in [0.1, 0.15) is 33.4 Å². The van der Waals surface area contributed by atoms with Crippen molar-refractivity contribution in [3.63, 3.8) is 0 Å². The molecule has 0 amide bonds. The Hall–Kier alpha value is -11.2. The fourth-order valence-electron chi connectivity index (χ4n) is 12.6. The fourth-order valence-corrected chi connectivity index (χ4v) is 12.6. The van der Waals surface area contributed by atoms with Gasteiger partial charge in [0.1, 0.15) is 17.2 Å². The highest BCUT2D eigenvalue weighted by Crippen LogP contribution is 2.62. The molecule has 0 bridgehead atoms. The Morgan fingerprint density at radius 3 is 0.380 bits per heavy atom. The van der Waals surface area contributed by atoms with Crippen LogP contribution in [-0.2, 0) is 37.1 Å². The van der Waals surface area contributed by atoms with E-state index in [2.05, 4.69) is 0 Å². The van der Waals surface area contributed by atoms with Gasteiger partial charge < -0.3 is 14.0 Å². The van der Waals surface area contributed by atoms with Crippen LogP contribution in [0, 0.1) is 0 Å². The summed E-state index contributed by atoms with van der Waals surface area (Å²) in [5, 5.41) is 0. The van der Waals surface area contributed by atoms with Crippen molar-refractivity contribution < 1.29 is 93.0 Å². The van der Waals surface area contributed by atoms with Crippen LogP contribution in [-0.4, -0.2) is 7.32 Å². The van der Waals surface area contributed by atoms with E-state index in [0.717, 1.165) is 218 Å². The molecular weight excluding hydrogens is 1340 g/mol. The first-order chi connectivity index (χ1) is 47.5. The number of hydrogen-bond acceptors (Lipinski definition) is 3. The van der Waals surface area contributed by atoms with Crippen molar-refractivity contribution in [2.24, 2.45) is 0 Å². The van der Waals surface area contributed by atoms with Gasteiger partial charge in [0.15, 0.2) is 0 Å². The summed E-state index contributed by atoms with van der Waals surface area (Å²) in [6, 6.07) is 49.0. The van der Waals surface area contributed by atoms with Crippen molar-refractivity contribution in [3.8, 4) is 117 Å². The zero-order valence-corrected chi connectivity index (χ0v) is 51.1. The maximum Gasteiger partial charge on any atom is 0.864 e. The molecule has 0 aliphatic carbocycles.